The van der Waals surface area contributed by atoms with Gasteiger partial charge in [-0.1, -0.05) is 43.5 Å². The van der Waals surface area contributed by atoms with Crippen LogP contribution in [0, 0.1) is 11.8 Å². The van der Waals surface area contributed by atoms with Crippen LogP contribution in [0.5, 0.6) is 0 Å². The second kappa shape index (κ2) is 12.4. The zero-order chi connectivity index (χ0) is 29.3. The molecule has 2 aliphatic carbocycles. The Balaban J connectivity index is 1.41. The average Bonchev–Trinajstić information content (AvgIpc) is 3.56. The van der Waals surface area contributed by atoms with Crippen LogP contribution < -0.4 is 16.0 Å². The SMILES string of the molecule is CN[C@H](C)C(=O)N[C@H](C(=O)N1CC[C@@H]2[C@H]1[C@@H](C(=O)N[C@@H]1CCCc3ccccc31)CN2S(C)(=O)=O)C1CCCCC1. The van der Waals surface area contributed by atoms with Crippen LogP contribution in [0.15, 0.2) is 24.3 Å². The maximum absolute atomic E-state index is 14.3. The molecular weight excluding hydrogens is 542 g/mol. The number of hydrogen-bond acceptors (Lipinski definition) is 6. The Bertz CT molecular complexity index is 1250. The topological polar surface area (TPSA) is 128 Å². The molecule has 1 aromatic rings. The van der Waals surface area contributed by atoms with Crippen molar-refractivity contribution in [2.24, 2.45) is 11.8 Å². The molecule has 1 saturated carbocycles. The molecule has 41 heavy (non-hydrogen) atoms. The Morgan fingerprint density at radius 2 is 1.73 bits per heavy atom. The number of nitrogens with zero attached hydrogens (tertiary/aromatic N) is 2. The first kappa shape index (κ1) is 30.0. The lowest BCUT2D eigenvalue weighted by molar-refractivity contribution is -0.141. The van der Waals surface area contributed by atoms with Crippen molar-refractivity contribution in [3.8, 4) is 0 Å². The molecule has 2 heterocycles. The fourth-order valence-corrected chi connectivity index (χ4v) is 8.69. The second-order valence-corrected chi connectivity index (χ2v) is 14.3. The minimum absolute atomic E-state index is 0.0155. The van der Waals surface area contributed by atoms with Crippen LogP contribution in [0.3, 0.4) is 0 Å². The van der Waals surface area contributed by atoms with Crippen molar-refractivity contribution in [1.82, 2.24) is 25.2 Å². The van der Waals surface area contributed by atoms with Crippen LogP contribution in [0.4, 0.5) is 0 Å². The van der Waals surface area contributed by atoms with Crippen LogP contribution >= 0.6 is 0 Å². The molecule has 5 rings (SSSR count). The largest absolute Gasteiger partial charge is 0.349 e. The van der Waals surface area contributed by atoms with Crippen molar-refractivity contribution < 1.29 is 22.8 Å². The van der Waals surface area contributed by atoms with Crippen LogP contribution in [0.25, 0.3) is 0 Å². The predicted molar refractivity (Wildman–Crippen MR) is 156 cm³/mol. The first-order valence-corrected chi connectivity index (χ1v) is 17.1. The molecule has 2 saturated heterocycles. The van der Waals surface area contributed by atoms with Gasteiger partial charge in [-0.2, -0.15) is 4.31 Å². The molecule has 0 radical (unpaired) electrons. The van der Waals surface area contributed by atoms with Gasteiger partial charge in [0.05, 0.1) is 30.3 Å². The number of likely N-dealkylation sites (tertiary alicyclic amines) is 1. The number of amides is 3. The van der Waals surface area contributed by atoms with Crippen molar-refractivity contribution in [1.29, 1.82) is 0 Å². The van der Waals surface area contributed by atoms with Gasteiger partial charge in [-0.25, -0.2) is 8.42 Å². The van der Waals surface area contributed by atoms with Gasteiger partial charge in [-0.15, -0.1) is 0 Å². The standard InChI is InChI=1S/C30H45N5O5S/c1-19(31-2)28(36)33-26(21-11-5-4-6-12-21)30(38)34-17-16-25-27(34)23(18-35(25)41(3,39)40)29(37)32-24-15-9-13-20-10-7-8-14-22(20)24/h7-8,10,14,19,21,23-27,31H,4-6,9,11-13,15-18H2,1-3H3,(H,32,37)(H,33,36)/t19-,23+,24-,25-,26+,27-/m1/s1. The first-order valence-electron chi connectivity index (χ1n) is 15.2. The fraction of sp³-hybridized carbons (Fsp3) is 0.700. The van der Waals surface area contributed by atoms with Gasteiger partial charge in [0.15, 0.2) is 0 Å². The monoisotopic (exact) mass is 587 g/mol. The highest BCUT2D eigenvalue weighted by Crippen LogP contribution is 2.39. The summed E-state index contributed by atoms with van der Waals surface area (Å²) in [5.41, 5.74) is 2.34. The second-order valence-electron chi connectivity index (χ2n) is 12.4. The molecule has 0 aromatic heterocycles. The van der Waals surface area contributed by atoms with Crippen molar-refractivity contribution in [3.05, 3.63) is 35.4 Å². The summed E-state index contributed by atoms with van der Waals surface area (Å²) < 4.78 is 27.1. The smallest absolute Gasteiger partial charge is 0.245 e. The van der Waals surface area contributed by atoms with E-state index in [0.717, 1.165) is 56.9 Å². The van der Waals surface area contributed by atoms with E-state index in [2.05, 4.69) is 28.1 Å². The summed E-state index contributed by atoms with van der Waals surface area (Å²) in [6.45, 7) is 2.17. The van der Waals surface area contributed by atoms with E-state index in [9.17, 15) is 22.8 Å². The summed E-state index contributed by atoms with van der Waals surface area (Å²) in [6, 6.07) is 5.82. The quantitative estimate of drug-likeness (QED) is 0.425. The molecule has 1 aromatic carbocycles. The molecular formula is C30H45N5O5S. The van der Waals surface area contributed by atoms with Crippen LogP contribution in [-0.2, 0) is 30.8 Å². The maximum Gasteiger partial charge on any atom is 0.245 e. The summed E-state index contributed by atoms with van der Waals surface area (Å²) >= 11 is 0. The number of carbonyl (C=O) groups is 3. The number of benzene rings is 1. The summed E-state index contributed by atoms with van der Waals surface area (Å²) in [5, 5.41) is 9.21. The third-order valence-corrected chi connectivity index (χ3v) is 11.1. The highest BCUT2D eigenvalue weighted by Gasteiger charge is 2.56. The van der Waals surface area contributed by atoms with Crippen LogP contribution in [-0.4, -0.2) is 85.9 Å². The van der Waals surface area contributed by atoms with E-state index < -0.39 is 40.1 Å². The number of aryl methyl sites for hydroxylation is 1. The molecule has 6 atom stereocenters. The molecule has 2 aliphatic heterocycles. The van der Waals surface area contributed by atoms with Gasteiger partial charge in [0.25, 0.3) is 0 Å². The number of nitrogens with one attached hydrogen (secondary N) is 3. The van der Waals surface area contributed by atoms with Gasteiger partial charge in [0.1, 0.15) is 6.04 Å². The lowest BCUT2D eigenvalue weighted by atomic mass is 9.83. The summed E-state index contributed by atoms with van der Waals surface area (Å²) in [5.74, 6) is -1.32. The molecule has 226 valence electrons. The highest BCUT2D eigenvalue weighted by atomic mass is 32.2. The molecule has 4 aliphatic rings. The molecule has 3 fully saturated rings. The number of likely N-dealkylation sites (N-methyl/N-ethyl adjacent to an activating group) is 1. The van der Waals surface area contributed by atoms with E-state index in [1.807, 2.05) is 12.1 Å². The molecule has 0 unspecified atom stereocenters. The number of fused-ring (bicyclic) bond motifs is 2. The Kier molecular flexibility index (Phi) is 9.06. The normalized spacial score (nSPS) is 28.4. The van der Waals surface area contributed by atoms with E-state index in [1.54, 1.807) is 18.9 Å². The Morgan fingerprint density at radius 1 is 1.00 bits per heavy atom. The predicted octanol–water partition coefficient (Wildman–Crippen LogP) is 1.71. The summed E-state index contributed by atoms with van der Waals surface area (Å²) in [7, 11) is -1.88. The third kappa shape index (κ3) is 6.17. The maximum atomic E-state index is 14.3. The van der Waals surface area contributed by atoms with Crippen molar-refractivity contribution in [3.63, 3.8) is 0 Å². The third-order valence-electron chi connectivity index (χ3n) is 9.82. The number of rotatable bonds is 8. The van der Waals surface area contributed by atoms with Gasteiger partial charge < -0.3 is 20.9 Å². The summed E-state index contributed by atoms with van der Waals surface area (Å²) in [6.07, 6.45) is 9.24. The number of carbonyl (C=O) groups excluding carboxylic acids is 3. The lowest BCUT2D eigenvalue weighted by Gasteiger charge is -2.36. The van der Waals surface area contributed by atoms with Crippen molar-refractivity contribution in [2.45, 2.75) is 94.9 Å². The van der Waals surface area contributed by atoms with Crippen LogP contribution in [0.1, 0.15) is 75.5 Å². The Labute approximate surface area is 244 Å². The van der Waals surface area contributed by atoms with Gasteiger partial charge in [0.2, 0.25) is 27.7 Å². The Morgan fingerprint density at radius 3 is 2.44 bits per heavy atom. The van der Waals surface area contributed by atoms with E-state index in [1.165, 1.54) is 16.1 Å². The van der Waals surface area contributed by atoms with Crippen molar-refractivity contribution >= 4 is 27.7 Å². The molecule has 0 bridgehead atoms. The average molecular weight is 588 g/mol. The molecule has 0 spiro atoms. The zero-order valence-electron chi connectivity index (χ0n) is 24.5. The molecule has 11 heteroatoms. The van der Waals surface area contributed by atoms with Crippen LogP contribution in [0.2, 0.25) is 0 Å². The fourth-order valence-electron chi connectivity index (χ4n) is 7.53. The van der Waals surface area contributed by atoms with Gasteiger partial charge in [0, 0.05) is 19.1 Å². The summed E-state index contributed by atoms with van der Waals surface area (Å²) in [4.78, 5) is 42.9. The first-order chi connectivity index (χ1) is 19.6. The number of sulfonamides is 1. The molecule has 10 nitrogen and oxygen atoms in total. The highest BCUT2D eigenvalue weighted by molar-refractivity contribution is 7.88. The van der Waals surface area contributed by atoms with E-state index in [4.69, 9.17) is 0 Å². The number of hydrogen-bond donors (Lipinski definition) is 3. The van der Waals surface area contributed by atoms with E-state index in [-0.39, 0.29) is 36.2 Å². The zero-order valence-corrected chi connectivity index (χ0v) is 25.3. The van der Waals surface area contributed by atoms with E-state index in [0.29, 0.717) is 13.0 Å². The van der Waals surface area contributed by atoms with Gasteiger partial charge in [-0.3, -0.25) is 14.4 Å². The lowest BCUT2D eigenvalue weighted by Crippen LogP contribution is -2.58. The molecule has 3 amide bonds. The van der Waals surface area contributed by atoms with Gasteiger partial charge >= 0.3 is 0 Å². The minimum atomic E-state index is -3.59. The van der Waals surface area contributed by atoms with Crippen molar-refractivity contribution in [2.75, 3.05) is 26.4 Å². The van der Waals surface area contributed by atoms with Gasteiger partial charge in [-0.05, 0) is 69.5 Å². The molecule has 3 N–H and O–H groups in total. The minimum Gasteiger partial charge on any atom is -0.349 e. The van der Waals surface area contributed by atoms with E-state index >= 15 is 0 Å². The Hall–Kier alpha value is -2.50.